The van der Waals surface area contributed by atoms with Crippen LogP contribution in [0.5, 0.6) is 5.75 Å². The Kier molecular flexibility index (Phi) is 3.33. The molecule has 0 aliphatic carbocycles. The molecule has 1 aliphatic rings. The third kappa shape index (κ3) is 2.16. The molecule has 0 saturated carbocycles. The maximum absolute atomic E-state index is 10.2. The number of fused-ring (bicyclic) bond motifs is 1. The monoisotopic (exact) mass is 215 g/mol. The number of hydrogen-bond donors (Lipinski definition) is 2. The van der Waals surface area contributed by atoms with E-state index in [1.165, 1.54) is 5.56 Å². The first kappa shape index (κ1) is 10.8. The van der Waals surface area contributed by atoms with E-state index in [2.05, 4.69) is 10.1 Å². The average molecular weight is 216 g/mol. The van der Waals surface area contributed by atoms with Crippen molar-refractivity contribution in [3.63, 3.8) is 0 Å². The van der Waals surface area contributed by atoms with Crippen LogP contribution < -0.4 is 10.1 Å². The van der Waals surface area contributed by atoms with Crippen molar-refractivity contribution in [1.82, 2.24) is 5.32 Å². The van der Waals surface area contributed by atoms with Crippen LogP contribution in [0, 0.1) is 0 Å². The van der Waals surface area contributed by atoms with Gasteiger partial charge >= 0.3 is 6.16 Å². The molecule has 1 heterocycles. The molecule has 0 aromatic heterocycles. The number of halogens is 1. The van der Waals surface area contributed by atoms with Gasteiger partial charge in [0.25, 0.3) is 0 Å². The predicted molar refractivity (Wildman–Crippen MR) is 52.9 cm³/mol. The van der Waals surface area contributed by atoms with Gasteiger partial charge in [0.05, 0.1) is 0 Å². The average Bonchev–Trinajstić information content (AvgIpc) is 2.49. The van der Waals surface area contributed by atoms with E-state index in [0.717, 1.165) is 18.7 Å². The third-order valence-corrected chi connectivity index (χ3v) is 2.01. The minimum Gasteiger partial charge on any atom is -0.449 e. The molecule has 0 amide bonds. The van der Waals surface area contributed by atoms with Gasteiger partial charge in [0, 0.05) is 13.1 Å². The Labute approximate surface area is 87.3 Å². The Morgan fingerprint density at radius 1 is 1.36 bits per heavy atom. The molecule has 0 unspecified atom stereocenters. The second-order valence-corrected chi connectivity index (χ2v) is 2.90. The first-order chi connectivity index (χ1) is 6.25. The van der Waals surface area contributed by atoms with Crippen molar-refractivity contribution in [2.24, 2.45) is 0 Å². The molecule has 1 aliphatic heterocycles. The number of nitrogens with one attached hydrogen (secondary N) is 1. The number of carbonyl (C=O) groups is 1. The van der Waals surface area contributed by atoms with E-state index in [-0.39, 0.29) is 12.4 Å². The molecule has 1 aromatic rings. The molecule has 1 aromatic carbocycles. The van der Waals surface area contributed by atoms with Crippen LogP contribution in [0.15, 0.2) is 18.2 Å². The summed E-state index contributed by atoms with van der Waals surface area (Å²) in [5, 5.41) is 11.5. The first-order valence-corrected chi connectivity index (χ1v) is 3.99. The van der Waals surface area contributed by atoms with E-state index in [0.29, 0.717) is 5.75 Å². The van der Waals surface area contributed by atoms with Gasteiger partial charge < -0.3 is 15.2 Å². The van der Waals surface area contributed by atoms with Gasteiger partial charge in [0.2, 0.25) is 0 Å². The van der Waals surface area contributed by atoms with Crippen molar-refractivity contribution in [3.8, 4) is 5.75 Å². The SMILES string of the molecule is Cl.O=C(O)Oc1ccc2c(c1)CNC2. The maximum Gasteiger partial charge on any atom is 0.511 e. The summed E-state index contributed by atoms with van der Waals surface area (Å²) in [6.07, 6.45) is -1.27. The molecule has 76 valence electrons. The Morgan fingerprint density at radius 3 is 2.79 bits per heavy atom. The molecule has 2 rings (SSSR count). The van der Waals surface area contributed by atoms with Crippen LogP contribution in [-0.2, 0) is 13.1 Å². The lowest BCUT2D eigenvalue weighted by atomic mass is 10.1. The van der Waals surface area contributed by atoms with Crippen molar-refractivity contribution >= 4 is 18.6 Å². The number of ether oxygens (including phenoxy) is 1. The maximum atomic E-state index is 10.2. The fraction of sp³-hybridized carbons (Fsp3) is 0.222. The molecule has 0 bridgehead atoms. The van der Waals surface area contributed by atoms with E-state index in [9.17, 15) is 4.79 Å². The fourth-order valence-corrected chi connectivity index (χ4v) is 1.44. The summed E-state index contributed by atoms with van der Waals surface area (Å²) in [7, 11) is 0. The normalized spacial score (nSPS) is 12.9. The van der Waals surface area contributed by atoms with E-state index in [1.54, 1.807) is 12.1 Å². The van der Waals surface area contributed by atoms with Crippen molar-refractivity contribution < 1.29 is 14.6 Å². The Balaban J connectivity index is 0.000000980. The van der Waals surface area contributed by atoms with Gasteiger partial charge in [0.15, 0.2) is 0 Å². The summed E-state index contributed by atoms with van der Waals surface area (Å²) >= 11 is 0. The van der Waals surface area contributed by atoms with Crippen LogP contribution in [0.2, 0.25) is 0 Å². The molecular weight excluding hydrogens is 206 g/mol. The van der Waals surface area contributed by atoms with E-state index >= 15 is 0 Å². The summed E-state index contributed by atoms with van der Waals surface area (Å²) in [6, 6.07) is 5.30. The first-order valence-electron chi connectivity index (χ1n) is 3.99. The molecule has 0 atom stereocenters. The number of benzene rings is 1. The molecule has 0 saturated heterocycles. The molecule has 0 spiro atoms. The molecule has 4 nitrogen and oxygen atoms in total. The van der Waals surface area contributed by atoms with E-state index in [4.69, 9.17) is 5.11 Å². The molecule has 0 fully saturated rings. The minimum atomic E-state index is -1.27. The lowest BCUT2D eigenvalue weighted by Crippen LogP contribution is -2.03. The van der Waals surface area contributed by atoms with Crippen molar-refractivity contribution in [3.05, 3.63) is 29.3 Å². The zero-order valence-corrected chi connectivity index (χ0v) is 8.13. The van der Waals surface area contributed by atoms with Gasteiger partial charge in [-0.1, -0.05) is 6.07 Å². The largest absolute Gasteiger partial charge is 0.511 e. The number of carboxylic acid groups (broad SMARTS) is 1. The van der Waals surface area contributed by atoms with Gasteiger partial charge in [-0.05, 0) is 23.3 Å². The number of rotatable bonds is 1. The zero-order valence-electron chi connectivity index (χ0n) is 7.32. The van der Waals surface area contributed by atoms with Crippen LogP contribution in [0.3, 0.4) is 0 Å². The molecular formula is C9H10ClNO3. The van der Waals surface area contributed by atoms with Crippen molar-refractivity contribution in [2.45, 2.75) is 13.1 Å². The molecule has 14 heavy (non-hydrogen) atoms. The Hall–Kier alpha value is -1.26. The Bertz CT molecular complexity index is 354. The van der Waals surface area contributed by atoms with Crippen LogP contribution in [0.4, 0.5) is 4.79 Å². The summed E-state index contributed by atoms with van der Waals surface area (Å²) in [5.41, 5.74) is 2.32. The standard InChI is InChI=1S/C9H9NO3.ClH/c11-9(12)13-8-2-1-6-4-10-5-7(6)3-8;/h1-3,10H,4-5H2,(H,11,12);1H. The highest BCUT2D eigenvalue weighted by atomic mass is 35.5. The van der Waals surface area contributed by atoms with Crippen LogP contribution in [0.1, 0.15) is 11.1 Å². The van der Waals surface area contributed by atoms with Crippen molar-refractivity contribution in [2.75, 3.05) is 0 Å². The highest BCUT2D eigenvalue weighted by Crippen LogP contribution is 2.21. The summed E-state index contributed by atoms with van der Waals surface area (Å²) < 4.78 is 4.53. The van der Waals surface area contributed by atoms with Crippen molar-refractivity contribution in [1.29, 1.82) is 0 Å². The van der Waals surface area contributed by atoms with Crippen LogP contribution in [-0.4, -0.2) is 11.3 Å². The highest BCUT2D eigenvalue weighted by molar-refractivity contribution is 5.85. The lowest BCUT2D eigenvalue weighted by molar-refractivity contribution is 0.144. The van der Waals surface area contributed by atoms with Crippen LogP contribution in [0.25, 0.3) is 0 Å². The third-order valence-electron chi connectivity index (χ3n) is 2.01. The summed E-state index contributed by atoms with van der Waals surface area (Å²) in [4.78, 5) is 10.2. The van der Waals surface area contributed by atoms with E-state index < -0.39 is 6.16 Å². The summed E-state index contributed by atoms with van der Waals surface area (Å²) in [5.74, 6) is 0.384. The lowest BCUT2D eigenvalue weighted by Gasteiger charge is -2.01. The highest BCUT2D eigenvalue weighted by Gasteiger charge is 2.11. The summed E-state index contributed by atoms with van der Waals surface area (Å²) in [6.45, 7) is 1.63. The van der Waals surface area contributed by atoms with Gasteiger partial charge in [-0.15, -0.1) is 12.4 Å². The number of hydrogen-bond acceptors (Lipinski definition) is 3. The van der Waals surface area contributed by atoms with Gasteiger partial charge in [-0.2, -0.15) is 0 Å². The molecule has 2 N–H and O–H groups in total. The zero-order chi connectivity index (χ0) is 9.26. The molecule has 5 heteroatoms. The quantitative estimate of drug-likeness (QED) is 0.554. The second-order valence-electron chi connectivity index (χ2n) is 2.90. The topological polar surface area (TPSA) is 58.6 Å². The predicted octanol–water partition coefficient (Wildman–Crippen LogP) is 1.77. The second kappa shape index (κ2) is 4.30. The Morgan fingerprint density at radius 2 is 2.07 bits per heavy atom. The van der Waals surface area contributed by atoms with Gasteiger partial charge in [-0.3, -0.25) is 0 Å². The van der Waals surface area contributed by atoms with Crippen LogP contribution >= 0.6 is 12.4 Å². The van der Waals surface area contributed by atoms with Gasteiger partial charge in [-0.25, -0.2) is 4.79 Å². The van der Waals surface area contributed by atoms with E-state index in [1.807, 2.05) is 6.07 Å². The smallest absolute Gasteiger partial charge is 0.449 e. The van der Waals surface area contributed by atoms with Gasteiger partial charge in [0.1, 0.15) is 5.75 Å². The minimum absolute atomic E-state index is 0. The fourth-order valence-electron chi connectivity index (χ4n) is 1.44. The molecule has 0 radical (unpaired) electrons.